The second-order valence-electron chi connectivity index (χ2n) is 8.36. The third-order valence-corrected chi connectivity index (χ3v) is 6.55. The Hall–Kier alpha value is -3.92. The maximum absolute atomic E-state index is 13.3. The van der Waals surface area contributed by atoms with Crippen LogP contribution in [0, 0.1) is 0 Å². The van der Waals surface area contributed by atoms with E-state index >= 15 is 0 Å². The van der Waals surface area contributed by atoms with Crippen molar-refractivity contribution >= 4 is 29.1 Å². The lowest BCUT2D eigenvalue weighted by Gasteiger charge is -2.27. The van der Waals surface area contributed by atoms with Crippen molar-refractivity contribution in [2.75, 3.05) is 11.9 Å². The van der Waals surface area contributed by atoms with Crippen LogP contribution < -0.4 is 5.32 Å². The fourth-order valence-electron chi connectivity index (χ4n) is 4.39. The van der Waals surface area contributed by atoms with Crippen molar-refractivity contribution in [2.45, 2.75) is 26.3 Å². The van der Waals surface area contributed by atoms with Crippen LogP contribution in [0.1, 0.15) is 44.9 Å². The molecule has 0 saturated carbocycles. The lowest BCUT2D eigenvalue weighted by atomic mass is 10.0. The third kappa shape index (κ3) is 4.10. The number of nitrogens with one attached hydrogen (secondary N) is 1. The zero-order chi connectivity index (χ0) is 24.7. The average molecular weight is 494 g/mol. The molecule has 1 aromatic carbocycles. The maximum Gasteiger partial charge on any atom is 0.274 e. The van der Waals surface area contributed by atoms with Crippen LogP contribution >= 0.6 is 11.6 Å². The number of hydrogen-bond donors (Lipinski definition) is 1. The van der Waals surface area contributed by atoms with Gasteiger partial charge in [-0.25, -0.2) is 4.98 Å². The van der Waals surface area contributed by atoms with E-state index in [1.165, 1.54) is 11.1 Å². The smallest absolute Gasteiger partial charge is 0.274 e. The minimum Gasteiger partial charge on any atom is -0.444 e. The Kier molecular flexibility index (Phi) is 5.89. The van der Waals surface area contributed by atoms with Gasteiger partial charge in [0.05, 0.1) is 29.2 Å². The van der Waals surface area contributed by atoms with Gasteiger partial charge in [-0.1, -0.05) is 18.5 Å². The first-order chi connectivity index (χ1) is 16.9. The minimum absolute atomic E-state index is 0.214. The first kappa shape index (κ1) is 22.9. The second kappa shape index (κ2) is 9.03. The second-order valence-corrected chi connectivity index (χ2v) is 8.74. The molecule has 0 fully saturated rings. The summed E-state index contributed by atoms with van der Waals surface area (Å²) in [6.07, 6.45) is 4.18. The lowest BCUT2D eigenvalue weighted by Crippen LogP contribution is -2.37. The van der Waals surface area contributed by atoms with Gasteiger partial charge in [-0.05, 0) is 30.7 Å². The molecular weight excluding hydrogens is 470 g/mol. The maximum atomic E-state index is 13.3. The van der Waals surface area contributed by atoms with Crippen LogP contribution in [0.25, 0.3) is 11.3 Å². The number of halogens is 1. The molecule has 0 unspecified atom stereocenters. The summed E-state index contributed by atoms with van der Waals surface area (Å²) in [5.74, 6) is 0.135. The monoisotopic (exact) mass is 493 g/mol. The number of benzene rings is 1. The van der Waals surface area contributed by atoms with E-state index in [0.29, 0.717) is 52.9 Å². The number of hydrogen-bond acceptors (Lipinski definition) is 6. The van der Waals surface area contributed by atoms with Crippen molar-refractivity contribution in [1.82, 2.24) is 29.4 Å². The number of oxazole rings is 1. The molecule has 1 aliphatic heterocycles. The first-order valence-corrected chi connectivity index (χ1v) is 11.6. The van der Waals surface area contributed by atoms with E-state index < -0.39 is 0 Å². The third-order valence-electron chi connectivity index (χ3n) is 6.15. The zero-order valence-corrected chi connectivity index (χ0v) is 20.3. The quantitative estimate of drug-likeness (QED) is 0.455. The molecular formula is C24H24ClN7O3. The standard InChI is InChI=1S/C24H24ClN7O3/c1-4-17-20(25)22(31(3)28-17)24(34)32-10-9-18-16(12-32)21(30(2)29-18)23(33)27-15-7-5-14(6-8-15)19-11-26-13-35-19/h5-8,11,13H,4,9-10,12H2,1-3H3,(H,27,33). The van der Waals surface area contributed by atoms with Crippen molar-refractivity contribution in [3.05, 3.63) is 70.2 Å². The van der Waals surface area contributed by atoms with Gasteiger partial charge in [-0.2, -0.15) is 10.2 Å². The highest BCUT2D eigenvalue weighted by molar-refractivity contribution is 6.34. The summed E-state index contributed by atoms with van der Waals surface area (Å²) < 4.78 is 8.40. The van der Waals surface area contributed by atoms with Gasteiger partial charge in [0.1, 0.15) is 11.4 Å². The van der Waals surface area contributed by atoms with E-state index in [1.54, 1.807) is 42.0 Å². The Bertz CT molecular complexity index is 1400. The number of carbonyl (C=O) groups excluding carboxylic acids is 2. The van der Waals surface area contributed by atoms with E-state index in [-0.39, 0.29) is 18.4 Å². The SMILES string of the molecule is CCc1nn(C)c(C(=O)N2CCc3nn(C)c(C(=O)Nc4ccc(-c5cnco5)cc4)c3C2)c1Cl. The van der Waals surface area contributed by atoms with Gasteiger partial charge in [0.2, 0.25) is 0 Å². The molecule has 0 radical (unpaired) electrons. The van der Waals surface area contributed by atoms with Crippen molar-refractivity contribution < 1.29 is 14.0 Å². The van der Waals surface area contributed by atoms with Crippen molar-refractivity contribution in [2.24, 2.45) is 14.1 Å². The fraction of sp³-hybridized carbons (Fsp3) is 0.292. The molecule has 4 heterocycles. The number of aryl methyl sites for hydroxylation is 3. The van der Waals surface area contributed by atoms with Gasteiger partial charge in [0.15, 0.2) is 12.2 Å². The van der Waals surface area contributed by atoms with Crippen LogP contribution in [0.3, 0.4) is 0 Å². The highest BCUT2D eigenvalue weighted by Gasteiger charge is 2.32. The van der Waals surface area contributed by atoms with Crippen LogP contribution in [0.4, 0.5) is 5.69 Å². The van der Waals surface area contributed by atoms with E-state index in [1.807, 2.05) is 19.1 Å². The van der Waals surface area contributed by atoms with Gasteiger partial charge < -0.3 is 14.6 Å². The van der Waals surface area contributed by atoms with Gasteiger partial charge >= 0.3 is 0 Å². The summed E-state index contributed by atoms with van der Waals surface area (Å²) in [5, 5.41) is 12.2. The van der Waals surface area contributed by atoms with Gasteiger partial charge in [0.25, 0.3) is 11.8 Å². The van der Waals surface area contributed by atoms with Crippen LogP contribution in [0.5, 0.6) is 0 Å². The highest BCUT2D eigenvalue weighted by Crippen LogP contribution is 2.28. The Morgan fingerprint density at radius 1 is 1.11 bits per heavy atom. The number of amides is 2. The molecule has 0 atom stereocenters. The molecule has 3 aromatic heterocycles. The average Bonchev–Trinajstić information content (AvgIpc) is 3.56. The molecule has 35 heavy (non-hydrogen) atoms. The van der Waals surface area contributed by atoms with Crippen molar-refractivity contribution in [3.63, 3.8) is 0 Å². The summed E-state index contributed by atoms with van der Waals surface area (Å²) in [6, 6.07) is 7.28. The van der Waals surface area contributed by atoms with Crippen molar-refractivity contribution in [3.8, 4) is 11.3 Å². The Labute approximate surface area is 206 Å². The Morgan fingerprint density at radius 2 is 1.86 bits per heavy atom. The summed E-state index contributed by atoms with van der Waals surface area (Å²) >= 11 is 6.44. The Balaban J connectivity index is 1.37. The van der Waals surface area contributed by atoms with Gasteiger partial charge in [-0.15, -0.1) is 0 Å². The van der Waals surface area contributed by atoms with Crippen LogP contribution in [0.15, 0.2) is 41.3 Å². The van der Waals surface area contributed by atoms with E-state index in [9.17, 15) is 9.59 Å². The molecule has 10 nitrogen and oxygen atoms in total. The summed E-state index contributed by atoms with van der Waals surface area (Å²) in [4.78, 5) is 32.2. The molecule has 1 aliphatic rings. The Morgan fingerprint density at radius 3 is 2.51 bits per heavy atom. The molecule has 0 aliphatic carbocycles. The molecule has 1 N–H and O–H groups in total. The summed E-state index contributed by atoms with van der Waals surface area (Å²) in [7, 11) is 3.45. The topological polar surface area (TPSA) is 111 Å². The molecule has 4 aromatic rings. The van der Waals surface area contributed by atoms with E-state index in [0.717, 1.165) is 16.8 Å². The normalized spacial score (nSPS) is 13.1. The van der Waals surface area contributed by atoms with Gasteiger partial charge in [-0.3, -0.25) is 19.0 Å². The highest BCUT2D eigenvalue weighted by atomic mass is 35.5. The molecule has 0 bridgehead atoms. The zero-order valence-electron chi connectivity index (χ0n) is 19.6. The van der Waals surface area contributed by atoms with Gasteiger partial charge in [0, 0.05) is 43.9 Å². The fourth-order valence-corrected chi connectivity index (χ4v) is 4.76. The first-order valence-electron chi connectivity index (χ1n) is 11.2. The molecule has 5 rings (SSSR count). The number of nitrogens with zero attached hydrogens (tertiary/aromatic N) is 6. The molecule has 180 valence electrons. The van der Waals surface area contributed by atoms with Crippen LogP contribution in [-0.4, -0.2) is 47.8 Å². The molecule has 0 spiro atoms. The number of aromatic nitrogens is 5. The number of fused-ring (bicyclic) bond motifs is 1. The predicted octanol–water partition coefficient (Wildman–Crippen LogP) is 3.48. The minimum atomic E-state index is -0.296. The number of anilines is 1. The van der Waals surface area contributed by atoms with Crippen LogP contribution in [0.2, 0.25) is 5.02 Å². The number of rotatable bonds is 5. The summed E-state index contributed by atoms with van der Waals surface area (Å²) in [5.41, 5.74) is 4.49. The largest absolute Gasteiger partial charge is 0.444 e. The van der Waals surface area contributed by atoms with E-state index in [2.05, 4.69) is 20.5 Å². The molecule has 11 heteroatoms. The predicted molar refractivity (Wildman–Crippen MR) is 129 cm³/mol. The number of carbonyl (C=O) groups is 2. The van der Waals surface area contributed by atoms with Crippen LogP contribution in [-0.2, 0) is 33.5 Å². The van der Waals surface area contributed by atoms with E-state index in [4.69, 9.17) is 16.0 Å². The van der Waals surface area contributed by atoms with Crippen molar-refractivity contribution in [1.29, 1.82) is 0 Å². The molecule has 0 saturated heterocycles. The summed E-state index contributed by atoms with van der Waals surface area (Å²) in [6.45, 7) is 2.69. The lowest BCUT2D eigenvalue weighted by molar-refractivity contribution is 0.0721. The molecule has 2 amide bonds.